The number of hydrogen-bond donors (Lipinski definition) is 0. The van der Waals surface area contributed by atoms with Crippen molar-refractivity contribution in [3.8, 4) is 11.4 Å². The number of likely N-dealkylation sites (tertiary alicyclic amines) is 1. The zero-order valence-corrected chi connectivity index (χ0v) is 17.5. The van der Waals surface area contributed by atoms with Crippen LogP contribution in [0.4, 0.5) is 5.82 Å². The molecule has 1 saturated heterocycles. The van der Waals surface area contributed by atoms with E-state index in [1.807, 2.05) is 43.3 Å². The van der Waals surface area contributed by atoms with Crippen molar-refractivity contribution in [2.45, 2.75) is 25.4 Å². The van der Waals surface area contributed by atoms with Gasteiger partial charge < -0.3 is 14.0 Å². The largest absolute Gasteiger partial charge is 0.363 e. The molecule has 0 N–H and O–H groups in total. The van der Waals surface area contributed by atoms with Crippen molar-refractivity contribution in [1.82, 2.24) is 29.6 Å². The number of imidazole rings is 1. The SMILES string of the molecule is CN(C)c1ccc(-c2noc(C3CCCN3Cc3nc4ccccc4n3C)n2)cn1. The molecule has 1 fully saturated rings. The standard InChI is InChI=1S/C22H25N7O/c1-27(2)19-11-10-15(13-23-19)21-25-22(30-26-21)18-9-6-12-29(18)14-20-24-16-7-4-5-8-17(16)28(20)3/h4-5,7-8,10-11,13,18H,6,9,12,14H2,1-3H3. The van der Waals surface area contributed by atoms with Crippen molar-refractivity contribution in [1.29, 1.82) is 0 Å². The van der Waals surface area contributed by atoms with E-state index in [-0.39, 0.29) is 6.04 Å². The minimum atomic E-state index is 0.111. The molecular formula is C22H25N7O. The van der Waals surface area contributed by atoms with Gasteiger partial charge in [-0.2, -0.15) is 4.98 Å². The van der Waals surface area contributed by atoms with Gasteiger partial charge in [0, 0.05) is 32.9 Å². The van der Waals surface area contributed by atoms with Gasteiger partial charge in [0.15, 0.2) is 0 Å². The Balaban J connectivity index is 1.37. The third kappa shape index (κ3) is 3.33. The van der Waals surface area contributed by atoms with E-state index in [1.165, 1.54) is 0 Å². The van der Waals surface area contributed by atoms with Gasteiger partial charge >= 0.3 is 0 Å². The van der Waals surface area contributed by atoms with Gasteiger partial charge in [-0.3, -0.25) is 4.90 Å². The van der Waals surface area contributed by atoms with Crippen LogP contribution in [0.3, 0.4) is 0 Å². The first-order valence-corrected chi connectivity index (χ1v) is 10.2. The Hall–Kier alpha value is -3.26. The Morgan fingerprint density at radius 2 is 2.00 bits per heavy atom. The predicted octanol–water partition coefficient (Wildman–Crippen LogP) is 3.42. The summed E-state index contributed by atoms with van der Waals surface area (Å²) >= 11 is 0. The molecule has 1 aliphatic heterocycles. The van der Waals surface area contributed by atoms with Crippen LogP contribution >= 0.6 is 0 Å². The number of anilines is 1. The molecule has 3 aromatic heterocycles. The molecule has 1 atom stereocenters. The lowest BCUT2D eigenvalue weighted by Gasteiger charge is -2.20. The Kier molecular flexibility index (Phi) is 4.71. The first-order valence-electron chi connectivity index (χ1n) is 10.2. The number of aryl methyl sites for hydroxylation is 1. The molecule has 5 rings (SSSR count). The maximum absolute atomic E-state index is 5.67. The summed E-state index contributed by atoms with van der Waals surface area (Å²) < 4.78 is 7.84. The fourth-order valence-corrected chi connectivity index (χ4v) is 4.08. The molecule has 0 amide bonds. The van der Waals surface area contributed by atoms with Crippen LogP contribution in [-0.4, -0.2) is 50.2 Å². The van der Waals surface area contributed by atoms with Crippen LogP contribution in [0.2, 0.25) is 0 Å². The molecule has 154 valence electrons. The second kappa shape index (κ2) is 7.53. The van der Waals surface area contributed by atoms with Gasteiger partial charge in [0.1, 0.15) is 11.6 Å². The van der Waals surface area contributed by atoms with Crippen molar-refractivity contribution in [2.75, 3.05) is 25.5 Å². The quantitative estimate of drug-likeness (QED) is 0.505. The molecule has 8 heteroatoms. The third-order valence-corrected chi connectivity index (χ3v) is 5.78. The Labute approximate surface area is 175 Å². The summed E-state index contributed by atoms with van der Waals surface area (Å²) in [6.45, 7) is 1.75. The summed E-state index contributed by atoms with van der Waals surface area (Å²) in [5, 5.41) is 4.21. The first kappa shape index (κ1) is 18.7. The molecule has 0 spiro atoms. The van der Waals surface area contributed by atoms with Crippen molar-refractivity contribution in [3.63, 3.8) is 0 Å². The minimum absolute atomic E-state index is 0.111. The van der Waals surface area contributed by atoms with Crippen LogP contribution in [-0.2, 0) is 13.6 Å². The molecule has 1 unspecified atom stereocenters. The number of aromatic nitrogens is 5. The van der Waals surface area contributed by atoms with Gasteiger partial charge in [0.25, 0.3) is 0 Å². The number of pyridine rings is 1. The molecule has 1 aromatic carbocycles. The molecule has 0 bridgehead atoms. The van der Waals surface area contributed by atoms with E-state index in [2.05, 4.69) is 38.8 Å². The highest BCUT2D eigenvalue weighted by atomic mass is 16.5. The lowest BCUT2D eigenvalue weighted by molar-refractivity contribution is 0.196. The first-order chi connectivity index (χ1) is 14.6. The van der Waals surface area contributed by atoms with Crippen molar-refractivity contribution in [3.05, 3.63) is 54.3 Å². The fourth-order valence-electron chi connectivity index (χ4n) is 4.08. The predicted molar refractivity (Wildman–Crippen MR) is 115 cm³/mol. The molecule has 8 nitrogen and oxygen atoms in total. The molecular weight excluding hydrogens is 378 g/mol. The Bertz CT molecular complexity index is 1160. The van der Waals surface area contributed by atoms with E-state index in [4.69, 9.17) is 14.5 Å². The number of nitrogens with zero attached hydrogens (tertiary/aromatic N) is 7. The monoisotopic (exact) mass is 403 g/mol. The number of para-hydroxylation sites is 2. The molecule has 4 heterocycles. The van der Waals surface area contributed by atoms with Crippen LogP contribution in [0, 0.1) is 0 Å². The second-order valence-electron chi connectivity index (χ2n) is 7.96. The Morgan fingerprint density at radius 1 is 1.13 bits per heavy atom. The highest BCUT2D eigenvalue weighted by molar-refractivity contribution is 5.75. The van der Waals surface area contributed by atoms with Gasteiger partial charge in [-0.1, -0.05) is 17.3 Å². The van der Waals surface area contributed by atoms with E-state index in [0.29, 0.717) is 11.7 Å². The topological polar surface area (TPSA) is 76.1 Å². The zero-order chi connectivity index (χ0) is 20.7. The van der Waals surface area contributed by atoms with Gasteiger partial charge in [0.05, 0.1) is 23.6 Å². The maximum Gasteiger partial charge on any atom is 0.244 e. The maximum atomic E-state index is 5.67. The summed E-state index contributed by atoms with van der Waals surface area (Å²) in [6, 6.07) is 12.3. The average Bonchev–Trinajstić information content (AvgIpc) is 3.48. The molecule has 0 radical (unpaired) electrons. The van der Waals surface area contributed by atoms with Gasteiger partial charge in [0.2, 0.25) is 11.7 Å². The average molecular weight is 403 g/mol. The minimum Gasteiger partial charge on any atom is -0.363 e. The highest BCUT2D eigenvalue weighted by Gasteiger charge is 2.31. The van der Waals surface area contributed by atoms with Crippen molar-refractivity contribution in [2.24, 2.45) is 7.05 Å². The fraction of sp³-hybridized carbons (Fsp3) is 0.364. The summed E-state index contributed by atoms with van der Waals surface area (Å²) in [5.74, 6) is 3.19. The van der Waals surface area contributed by atoms with Crippen LogP contribution < -0.4 is 4.90 Å². The molecule has 4 aromatic rings. The van der Waals surface area contributed by atoms with Crippen molar-refractivity contribution >= 4 is 16.9 Å². The van der Waals surface area contributed by atoms with E-state index < -0.39 is 0 Å². The third-order valence-electron chi connectivity index (χ3n) is 5.78. The van der Waals surface area contributed by atoms with E-state index in [0.717, 1.165) is 54.2 Å². The lowest BCUT2D eigenvalue weighted by Crippen LogP contribution is -2.24. The smallest absolute Gasteiger partial charge is 0.244 e. The van der Waals surface area contributed by atoms with Crippen LogP contribution in [0.15, 0.2) is 47.1 Å². The number of fused-ring (bicyclic) bond motifs is 1. The Morgan fingerprint density at radius 3 is 2.77 bits per heavy atom. The summed E-state index contributed by atoms with van der Waals surface area (Å²) in [5.41, 5.74) is 3.03. The number of hydrogen-bond acceptors (Lipinski definition) is 7. The van der Waals surface area contributed by atoms with E-state index in [9.17, 15) is 0 Å². The number of benzene rings is 1. The van der Waals surface area contributed by atoms with Gasteiger partial charge in [-0.25, -0.2) is 9.97 Å². The van der Waals surface area contributed by atoms with E-state index >= 15 is 0 Å². The van der Waals surface area contributed by atoms with Crippen LogP contribution in [0.5, 0.6) is 0 Å². The summed E-state index contributed by atoms with van der Waals surface area (Å²) in [4.78, 5) is 18.3. The molecule has 0 aliphatic carbocycles. The highest BCUT2D eigenvalue weighted by Crippen LogP contribution is 2.33. The lowest BCUT2D eigenvalue weighted by atomic mass is 10.2. The molecule has 30 heavy (non-hydrogen) atoms. The van der Waals surface area contributed by atoms with E-state index in [1.54, 1.807) is 6.20 Å². The summed E-state index contributed by atoms with van der Waals surface area (Å²) in [7, 11) is 6.01. The van der Waals surface area contributed by atoms with Crippen LogP contribution in [0.1, 0.15) is 30.6 Å². The molecule has 0 saturated carbocycles. The number of rotatable bonds is 5. The normalized spacial score (nSPS) is 17.1. The van der Waals surface area contributed by atoms with Crippen LogP contribution in [0.25, 0.3) is 22.4 Å². The molecule has 1 aliphatic rings. The second-order valence-corrected chi connectivity index (χ2v) is 7.96. The van der Waals surface area contributed by atoms with Crippen molar-refractivity contribution < 1.29 is 4.52 Å². The van der Waals surface area contributed by atoms with Gasteiger partial charge in [-0.15, -0.1) is 0 Å². The summed E-state index contributed by atoms with van der Waals surface area (Å²) in [6.07, 6.45) is 3.89. The van der Waals surface area contributed by atoms with Gasteiger partial charge in [-0.05, 0) is 43.7 Å². The zero-order valence-electron chi connectivity index (χ0n) is 17.5.